The molecule has 3 atom stereocenters. The molecule has 0 bridgehead atoms. The molecule has 82 valence electrons. The van der Waals surface area contributed by atoms with Gasteiger partial charge in [-0.1, -0.05) is 6.92 Å². The third-order valence-corrected chi connectivity index (χ3v) is 2.40. The summed E-state index contributed by atoms with van der Waals surface area (Å²) in [5.41, 5.74) is 5.68. The highest BCUT2D eigenvalue weighted by Crippen LogP contribution is 2.11. The molecule has 0 aromatic heterocycles. The number of nitrogens with two attached hydrogens (primary N) is 1. The first kappa shape index (κ1) is 11.4. The Morgan fingerprint density at radius 2 is 2.43 bits per heavy atom. The van der Waals surface area contributed by atoms with Crippen molar-refractivity contribution in [2.24, 2.45) is 17.6 Å². The van der Waals surface area contributed by atoms with Crippen molar-refractivity contribution in [2.75, 3.05) is 26.4 Å². The molecule has 0 saturated carbocycles. The second kappa shape index (κ2) is 5.29. The minimum atomic E-state index is -0.235. The predicted octanol–water partition coefficient (Wildman–Crippen LogP) is -1.30. The largest absolute Gasteiger partial charge is 0.396 e. The average molecular weight is 202 g/mol. The molecule has 5 heteroatoms. The van der Waals surface area contributed by atoms with Gasteiger partial charge in [-0.15, -0.1) is 0 Å². The van der Waals surface area contributed by atoms with Gasteiger partial charge in [-0.3, -0.25) is 4.79 Å². The minimum Gasteiger partial charge on any atom is -0.396 e. The second-order valence-corrected chi connectivity index (χ2v) is 3.84. The molecule has 1 saturated heterocycles. The fourth-order valence-corrected chi connectivity index (χ4v) is 1.31. The number of aliphatic hydroxyl groups excluding tert-OH is 1. The first-order valence-electron chi connectivity index (χ1n) is 4.87. The smallest absolute Gasteiger partial charge is 0.227 e. The van der Waals surface area contributed by atoms with Gasteiger partial charge in [0.2, 0.25) is 5.91 Å². The van der Waals surface area contributed by atoms with Crippen molar-refractivity contribution in [2.45, 2.75) is 13.0 Å². The van der Waals surface area contributed by atoms with Crippen LogP contribution in [0.15, 0.2) is 0 Å². The first-order valence-corrected chi connectivity index (χ1v) is 4.87. The summed E-state index contributed by atoms with van der Waals surface area (Å²) < 4.78 is 5.09. The lowest BCUT2D eigenvalue weighted by molar-refractivity contribution is -0.125. The van der Waals surface area contributed by atoms with Gasteiger partial charge in [0, 0.05) is 19.2 Å². The topological polar surface area (TPSA) is 84.6 Å². The van der Waals surface area contributed by atoms with Crippen molar-refractivity contribution in [3.05, 3.63) is 0 Å². The van der Waals surface area contributed by atoms with Crippen LogP contribution in [-0.2, 0) is 9.53 Å². The van der Waals surface area contributed by atoms with Crippen LogP contribution in [0.3, 0.4) is 0 Å². The molecule has 0 aromatic carbocycles. The van der Waals surface area contributed by atoms with E-state index in [1.807, 2.05) is 6.92 Å². The van der Waals surface area contributed by atoms with E-state index in [9.17, 15) is 4.79 Å². The molecule has 14 heavy (non-hydrogen) atoms. The Morgan fingerprint density at radius 1 is 1.71 bits per heavy atom. The number of hydrogen-bond acceptors (Lipinski definition) is 4. The van der Waals surface area contributed by atoms with E-state index in [2.05, 4.69) is 5.32 Å². The number of amides is 1. The molecule has 1 fully saturated rings. The quantitative estimate of drug-likeness (QED) is 0.529. The normalized spacial score (nSPS) is 28.8. The molecule has 3 unspecified atom stereocenters. The molecule has 0 aromatic rings. The van der Waals surface area contributed by atoms with Crippen LogP contribution >= 0.6 is 0 Å². The fourth-order valence-electron chi connectivity index (χ4n) is 1.31. The number of hydrogen-bond donors (Lipinski definition) is 3. The molecule has 0 spiro atoms. The van der Waals surface area contributed by atoms with Gasteiger partial charge < -0.3 is 20.9 Å². The van der Waals surface area contributed by atoms with E-state index < -0.39 is 0 Å². The van der Waals surface area contributed by atoms with Gasteiger partial charge in [0.15, 0.2) is 0 Å². The highest BCUT2D eigenvalue weighted by atomic mass is 16.5. The zero-order valence-corrected chi connectivity index (χ0v) is 8.40. The monoisotopic (exact) mass is 202 g/mol. The summed E-state index contributed by atoms with van der Waals surface area (Å²) in [6, 6.07) is -0.195. The maximum absolute atomic E-state index is 11.5. The summed E-state index contributed by atoms with van der Waals surface area (Å²) in [6.45, 7) is 3.28. The Labute approximate surface area is 83.6 Å². The standard InChI is InChI=1S/C9H18N2O3/c1-6(3-12)2-11-9(13)7-4-14-5-8(7)10/h6-8,12H,2-5,10H2,1H3,(H,11,13). The van der Waals surface area contributed by atoms with Crippen molar-refractivity contribution in [1.82, 2.24) is 5.32 Å². The van der Waals surface area contributed by atoms with E-state index in [0.29, 0.717) is 19.8 Å². The minimum absolute atomic E-state index is 0.0738. The number of carbonyl (C=O) groups excluding carboxylic acids is 1. The zero-order valence-electron chi connectivity index (χ0n) is 8.40. The molecule has 0 aliphatic carbocycles. The maximum atomic E-state index is 11.5. The van der Waals surface area contributed by atoms with E-state index >= 15 is 0 Å². The molecule has 1 aliphatic heterocycles. The summed E-state index contributed by atoms with van der Waals surface area (Å²) in [7, 11) is 0. The molecule has 1 rings (SSSR count). The Morgan fingerprint density at radius 3 is 2.93 bits per heavy atom. The summed E-state index contributed by atoms with van der Waals surface area (Å²) >= 11 is 0. The van der Waals surface area contributed by atoms with Crippen molar-refractivity contribution < 1.29 is 14.6 Å². The Kier molecular flexibility index (Phi) is 4.31. The van der Waals surface area contributed by atoms with Gasteiger partial charge in [0.25, 0.3) is 0 Å². The lowest BCUT2D eigenvalue weighted by Gasteiger charge is -2.15. The summed E-state index contributed by atoms with van der Waals surface area (Å²) in [5, 5.41) is 11.5. The van der Waals surface area contributed by atoms with E-state index in [4.69, 9.17) is 15.6 Å². The molecule has 1 amide bonds. The SMILES string of the molecule is CC(CO)CNC(=O)C1COCC1N. The van der Waals surface area contributed by atoms with Crippen LogP contribution in [-0.4, -0.2) is 43.4 Å². The summed E-state index contributed by atoms with van der Waals surface area (Å²) in [5.74, 6) is -0.228. The van der Waals surface area contributed by atoms with E-state index in [1.54, 1.807) is 0 Å². The third kappa shape index (κ3) is 2.94. The van der Waals surface area contributed by atoms with Crippen molar-refractivity contribution in [1.29, 1.82) is 0 Å². The molecule has 1 aliphatic rings. The van der Waals surface area contributed by atoms with Crippen LogP contribution < -0.4 is 11.1 Å². The van der Waals surface area contributed by atoms with Crippen LogP contribution in [0.4, 0.5) is 0 Å². The molecule has 5 nitrogen and oxygen atoms in total. The summed E-state index contributed by atoms with van der Waals surface area (Å²) in [6.07, 6.45) is 0. The number of nitrogens with one attached hydrogen (secondary N) is 1. The summed E-state index contributed by atoms with van der Waals surface area (Å²) in [4.78, 5) is 11.5. The predicted molar refractivity (Wildman–Crippen MR) is 51.5 cm³/mol. The van der Waals surface area contributed by atoms with Gasteiger partial charge in [0.05, 0.1) is 19.1 Å². The van der Waals surface area contributed by atoms with Crippen molar-refractivity contribution in [3.8, 4) is 0 Å². The van der Waals surface area contributed by atoms with Crippen molar-refractivity contribution >= 4 is 5.91 Å². The van der Waals surface area contributed by atoms with Crippen LogP contribution in [0.25, 0.3) is 0 Å². The van der Waals surface area contributed by atoms with E-state index in [1.165, 1.54) is 0 Å². The Hall–Kier alpha value is -0.650. The van der Waals surface area contributed by atoms with Gasteiger partial charge in [0.1, 0.15) is 0 Å². The third-order valence-electron chi connectivity index (χ3n) is 2.40. The Balaban J connectivity index is 2.27. The van der Waals surface area contributed by atoms with E-state index in [-0.39, 0.29) is 30.4 Å². The lowest BCUT2D eigenvalue weighted by Crippen LogP contribution is -2.42. The lowest BCUT2D eigenvalue weighted by atomic mass is 10.0. The van der Waals surface area contributed by atoms with Crippen LogP contribution in [0.1, 0.15) is 6.92 Å². The number of carbonyl (C=O) groups is 1. The first-order chi connectivity index (χ1) is 6.65. The average Bonchev–Trinajstić information content (AvgIpc) is 2.60. The Bertz CT molecular complexity index is 198. The van der Waals surface area contributed by atoms with Gasteiger partial charge in [-0.2, -0.15) is 0 Å². The highest BCUT2D eigenvalue weighted by Gasteiger charge is 2.31. The molecule has 4 N–H and O–H groups in total. The van der Waals surface area contributed by atoms with Gasteiger partial charge in [-0.25, -0.2) is 0 Å². The van der Waals surface area contributed by atoms with Gasteiger partial charge >= 0.3 is 0 Å². The van der Waals surface area contributed by atoms with Crippen LogP contribution in [0.5, 0.6) is 0 Å². The molecule has 1 heterocycles. The fraction of sp³-hybridized carbons (Fsp3) is 0.889. The number of ether oxygens (including phenoxy) is 1. The zero-order chi connectivity index (χ0) is 10.6. The maximum Gasteiger partial charge on any atom is 0.227 e. The highest BCUT2D eigenvalue weighted by molar-refractivity contribution is 5.79. The number of rotatable bonds is 4. The van der Waals surface area contributed by atoms with Crippen LogP contribution in [0, 0.1) is 11.8 Å². The molecular weight excluding hydrogens is 184 g/mol. The van der Waals surface area contributed by atoms with Crippen LogP contribution in [0.2, 0.25) is 0 Å². The van der Waals surface area contributed by atoms with E-state index in [0.717, 1.165) is 0 Å². The number of aliphatic hydroxyl groups is 1. The second-order valence-electron chi connectivity index (χ2n) is 3.84. The van der Waals surface area contributed by atoms with Gasteiger partial charge in [-0.05, 0) is 5.92 Å². The molecular formula is C9H18N2O3. The van der Waals surface area contributed by atoms with Crippen molar-refractivity contribution in [3.63, 3.8) is 0 Å². The molecule has 0 radical (unpaired) electrons.